The number of rotatable bonds is 3. The smallest absolute Gasteiger partial charge is 0.322 e. The molecule has 2 aromatic rings. The van der Waals surface area contributed by atoms with Crippen LogP contribution in [-0.4, -0.2) is 5.91 Å². The summed E-state index contributed by atoms with van der Waals surface area (Å²) in [6.45, 7) is 4.07. The van der Waals surface area contributed by atoms with Crippen LogP contribution in [0.3, 0.4) is 0 Å². The van der Waals surface area contributed by atoms with Gasteiger partial charge in [0.15, 0.2) is 0 Å². The molecule has 22 heavy (non-hydrogen) atoms. The highest BCUT2D eigenvalue weighted by molar-refractivity contribution is 6.05. The molecule has 0 fully saturated rings. The van der Waals surface area contributed by atoms with Crippen molar-refractivity contribution in [3.05, 3.63) is 65.2 Å². The predicted octanol–water partition coefficient (Wildman–Crippen LogP) is 5.08. The van der Waals surface area contributed by atoms with Gasteiger partial charge in [0, 0.05) is 5.69 Å². The highest BCUT2D eigenvalue weighted by Crippen LogP contribution is 2.32. The molecule has 5 heteroatoms. The van der Waals surface area contributed by atoms with Crippen molar-refractivity contribution < 1.29 is 18.0 Å². The Labute approximate surface area is 127 Å². The van der Waals surface area contributed by atoms with Gasteiger partial charge in [0.2, 0.25) is 0 Å². The minimum atomic E-state index is -4.56. The van der Waals surface area contributed by atoms with Gasteiger partial charge >= 0.3 is 6.18 Å². The second-order valence-electron chi connectivity index (χ2n) is 5.27. The van der Waals surface area contributed by atoms with Crippen molar-refractivity contribution in [2.75, 3.05) is 5.32 Å². The SMILES string of the molecule is CC(C)c1ccc(NC(=O)c2ccccc2C(F)(F)F)cc1. The Hall–Kier alpha value is -2.30. The van der Waals surface area contributed by atoms with Crippen LogP contribution in [0.15, 0.2) is 48.5 Å². The average Bonchev–Trinajstić information content (AvgIpc) is 2.47. The number of carbonyl (C=O) groups excluding carboxylic acids is 1. The molecule has 0 aliphatic carbocycles. The van der Waals surface area contributed by atoms with E-state index in [0.717, 1.165) is 11.6 Å². The van der Waals surface area contributed by atoms with Gasteiger partial charge in [0.05, 0.1) is 11.1 Å². The van der Waals surface area contributed by atoms with Crippen molar-refractivity contribution in [1.29, 1.82) is 0 Å². The van der Waals surface area contributed by atoms with Crippen molar-refractivity contribution in [2.24, 2.45) is 0 Å². The standard InChI is InChI=1S/C17H16F3NO/c1-11(2)12-7-9-13(10-8-12)21-16(22)14-5-3-4-6-15(14)17(18,19)20/h3-11H,1-2H3,(H,21,22). The minimum absolute atomic E-state index is 0.343. The summed E-state index contributed by atoms with van der Waals surface area (Å²) in [5, 5.41) is 2.50. The lowest BCUT2D eigenvalue weighted by atomic mass is 10.0. The van der Waals surface area contributed by atoms with Crippen molar-refractivity contribution in [3.8, 4) is 0 Å². The van der Waals surface area contributed by atoms with Crippen molar-refractivity contribution in [2.45, 2.75) is 25.9 Å². The number of carbonyl (C=O) groups is 1. The van der Waals surface area contributed by atoms with Crippen LogP contribution in [0, 0.1) is 0 Å². The van der Waals surface area contributed by atoms with Gasteiger partial charge < -0.3 is 5.32 Å². The van der Waals surface area contributed by atoms with Crippen LogP contribution in [-0.2, 0) is 6.18 Å². The largest absolute Gasteiger partial charge is 0.417 e. The van der Waals surface area contributed by atoms with Crippen LogP contribution in [0.25, 0.3) is 0 Å². The van der Waals surface area contributed by atoms with E-state index in [1.165, 1.54) is 18.2 Å². The first kappa shape index (κ1) is 16.1. The molecule has 0 spiro atoms. The van der Waals surface area contributed by atoms with E-state index in [2.05, 4.69) is 5.32 Å². The van der Waals surface area contributed by atoms with Crippen LogP contribution in [0.5, 0.6) is 0 Å². The molecule has 0 heterocycles. The van der Waals surface area contributed by atoms with Crippen LogP contribution >= 0.6 is 0 Å². The molecule has 0 unspecified atom stereocenters. The molecule has 0 aromatic heterocycles. The Morgan fingerprint density at radius 1 is 1.00 bits per heavy atom. The Balaban J connectivity index is 2.23. The van der Waals surface area contributed by atoms with E-state index >= 15 is 0 Å². The van der Waals surface area contributed by atoms with E-state index < -0.39 is 17.6 Å². The molecule has 2 aromatic carbocycles. The molecule has 0 radical (unpaired) electrons. The molecule has 1 amide bonds. The molecule has 0 saturated carbocycles. The normalized spacial score (nSPS) is 11.5. The van der Waals surface area contributed by atoms with Gasteiger partial charge in [-0.3, -0.25) is 4.79 Å². The average molecular weight is 307 g/mol. The first-order valence-electron chi connectivity index (χ1n) is 6.86. The van der Waals surface area contributed by atoms with E-state index in [1.807, 2.05) is 26.0 Å². The number of benzene rings is 2. The van der Waals surface area contributed by atoms with Gasteiger partial charge in [-0.2, -0.15) is 13.2 Å². The fourth-order valence-electron chi connectivity index (χ4n) is 2.08. The summed E-state index contributed by atoms with van der Waals surface area (Å²) in [5.41, 5.74) is 0.231. The molecule has 0 bridgehead atoms. The van der Waals surface area contributed by atoms with Crippen LogP contribution in [0.4, 0.5) is 18.9 Å². The number of nitrogens with one attached hydrogen (secondary N) is 1. The van der Waals surface area contributed by atoms with Gasteiger partial charge in [-0.05, 0) is 35.7 Å². The summed E-state index contributed by atoms with van der Waals surface area (Å²) in [4.78, 5) is 12.1. The second kappa shape index (κ2) is 6.22. The molecule has 0 saturated heterocycles. The molecule has 0 aliphatic rings. The maximum absolute atomic E-state index is 12.9. The molecule has 0 atom stereocenters. The van der Waals surface area contributed by atoms with Crippen LogP contribution in [0.1, 0.15) is 41.3 Å². The fraction of sp³-hybridized carbons (Fsp3) is 0.235. The van der Waals surface area contributed by atoms with Gasteiger partial charge in [0.25, 0.3) is 5.91 Å². The van der Waals surface area contributed by atoms with Crippen LogP contribution in [0.2, 0.25) is 0 Å². The van der Waals surface area contributed by atoms with Crippen LogP contribution < -0.4 is 5.32 Å². The van der Waals surface area contributed by atoms with Gasteiger partial charge in [-0.1, -0.05) is 38.1 Å². The Morgan fingerprint density at radius 3 is 2.14 bits per heavy atom. The summed E-state index contributed by atoms with van der Waals surface area (Å²) in [7, 11) is 0. The fourth-order valence-corrected chi connectivity index (χ4v) is 2.08. The number of halogens is 3. The zero-order valence-electron chi connectivity index (χ0n) is 12.2. The number of amides is 1. The first-order valence-corrected chi connectivity index (χ1v) is 6.86. The quantitative estimate of drug-likeness (QED) is 0.841. The molecule has 2 nitrogen and oxygen atoms in total. The van der Waals surface area contributed by atoms with E-state index in [0.29, 0.717) is 11.6 Å². The molecule has 2 rings (SSSR count). The summed E-state index contributed by atoms with van der Waals surface area (Å²) < 4.78 is 38.7. The van der Waals surface area contributed by atoms with Gasteiger partial charge in [-0.15, -0.1) is 0 Å². The Bertz CT molecular complexity index is 660. The topological polar surface area (TPSA) is 29.1 Å². The van der Waals surface area contributed by atoms with Gasteiger partial charge in [0.1, 0.15) is 0 Å². The Morgan fingerprint density at radius 2 is 1.59 bits per heavy atom. The van der Waals surface area contributed by atoms with Crippen molar-refractivity contribution in [3.63, 3.8) is 0 Å². The summed E-state index contributed by atoms with van der Waals surface area (Å²) in [5.74, 6) is -0.430. The summed E-state index contributed by atoms with van der Waals surface area (Å²) in [6.07, 6.45) is -4.56. The highest BCUT2D eigenvalue weighted by Gasteiger charge is 2.34. The molecular formula is C17H16F3NO. The van der Waals surface area contributed by atoms with Gasteiger partial charge in [-0.25, -0.2) is 0 Å². The minimum Gasteiger partial charge on any atom is -0.322 e. The molecule has 116 valence electrons. The van der Waals surface area contributed by atoms with E-state index in [4.69, 9.17) is 0 Å². The predicted molar refractivity (Wildman–Crippen MR) is 79.9 cm³/mol. The third-order valence-corrected chi connectivity index (χ3v) is 3.31. The number of alkyl halides is 3. The number of anilines is 1. The van der Waals surface area contributed by atoms with E-state index in [-0.39, 0.29) is 5.56 Å². The molecule has 0 aliphatic heterocycles. The Kier molecular flexibility index (Phi) is 4.54. The first-order chi connectivity index (χ1) is 10.3. The van der Waals surface area contributed by atoms with Crippen molar-refractivity contribution >= 4 is 11.6 Å². The lowest BCUT2D eigenvalue weighted by Gasteiger charge is -2.13. The third-order valence-electron chi connectivity index (χ3n) is 3.31. The lowest BCUT2D eigenvalue weighted by molar-refractivity contribution is -0.137. The summed E-state index contributed by atoms with van der Waals surface area (Å²) >= 11 is 0. The molecule has 1 N–H and O–H groups in total. The third kappa shape index (κ3) is 3.67. The maximum atomic E-state index is 12.9. The molecular weight excluding hydrogens is 291 g/mol. The zero-order valence-corrected chi connectivity index (χ0v) is 12.2. The number of hydrogen-bond donors (Lipinski definition) is 1. The zero-order chi connectivity index (χ0) is 16.3. The maximum Gasteiger partial charge on any atom is 0.417 e. The highest BCUT2D eigenvalue weighted by atomic mass is 19.4. The number of hydrogen-bond acceptors (Lipinski definition) is 1. The monoisotopic (exact) mass is 307 g/mol. The summed E-state index contributed by atoms with van der Waals surface area (Å²) in [6, 6.07) is 11.8. The lowest BCUT2D eigenvalue weighted by Crippen LogP contribution is -2.18. The van der Waals surface area contributed by atoms with Crippen molar-refractivity contribution in [1.82, 2.24) is 0 Å². The second-order valence-corrected chi connectivity index (χ2v) is 5.27. The van der Waals surface area contributed by atoms with E-state index in [9.17, 15) is 18.0 Å². The van der Waals surface area contributed by atoms with E-state index in [1.54, 1.807) is 12.1 Å².